The number of hydrogen-bond acceptors (Lipinski definition) is 2. The van der Waals surface area contributed by atoms with Crippen LogP contribution in [0.3, 0.4) is 0 Å². The maximum absolute atomic E-state index is 11.7. The van der Waals surface area contributed by atoms with Crippen LogP contribution in [0.25, 0.3) is 0 Å². The van der Waals surface area contributed by atoms with Crippen molar-refractivity contribution in [2.45, 2.75) is 25.7 Å². The van der Waals surface area contributed by atoms with Crippen molar-refractivity contribution in [1.29, 1.82) is 0 Å². The molecule has 1 aromatic carbocycles. The molecule has 1 N–H and O–H groups in total. The monoisotopic (exact) mass is 254 g/mol. The molecule has 0 saturated heterocycles. The van der Waals surface area contributed by atoms with Gasteiger partial charge in [-0.1, -0.05) is 42.5 Å². The summed E-state index contributed by atoms with van der Waals surface area (Å²) in [6.07, 6.45) is 7.85. The van der Waals surface area contributed by atoms with Crippen LogP contribution in [-0.2, 0) is 11.2 Å². The molecule has 0 radical (unpaired) electrons. The van der Waals surface area contributed by atoms with Gasteiger partial charge in [-0.3, -0.25) is 4.79 Å². The highest BCUT2D eigenvalue weighted by Crippen LogP contribution is 2.39. The number of carbonyl (C=O) groups is 1. The molecule has 2 aliphatic rings. The molecule has 1 saturated carbocycles. The van der Waals surface area contributed by atoms with E-state index >= 15 is 0 Å². The normalized spacial score (nSPS) is 26.0. The standard InChI is InChI=1S/C16H18N2O/c19-16(10-9-12-5-2-1-3-6-12)18-17-15-11-13-7-4-8-14(13)15/h1-7,13-14H,8-11H2,(H,18,19)/b17-15+. The van der Waals surface area contributed by atoms with Gasteiger partial charge in [0.2, 0.25) is 5.91 Å². The summed E-state index contributed by atoms with van der Waals surface area (Å²) in [6, 6.07) is 10.1. The van der Waals surface area contributed by atoms with Crippen LogP contribution < -0.4 is 5.43 Å². The average Bonchev–Trinajstić information content (AvgIpc) is 2.79. The lowest BCUT2D eigenvalue weighted by molar-refractivity contribution is -0.121. The number of nitrogens with one attached hydrogen (secondary N) is 1. The summed E-state index contributed by atoms with van der Waals surface area (Å²) < 4.78 is 0. The third kappa shape index (κ3) is 2.75. The number of carbonyl (C=O) groups excluding carboxylic acids is 1. The van der Waals surface area contributed by atoms with Gasteiger partial charge >= 0.3 is 0 Å². The lowest BCUT2D eigenvalue weighted by Crippen LogP contribution is -2.35. The Morgan fingerprint density at radius 2 is 2.16 bits per heavy atom. The predicted molar refractivity (Wildman–Crippen MR) is 75.7 cm³/mol. The molecule has 1 amide bonds. The number of nitrogens with zero attached hydrogens (tertiary/aromatic N) is 1. The van der Waals surface area contributed by atoms with Gasteiger partial charge in [0.1, 0.15) is 0 Å². The second-order valence-corrected chi connectivity index (χ2v) is 5.26. The fourth-order valence-electron chi connectivity index (χ4n) is 2.76. The Labute approximate surface area is 113 Å². The zero-order chi connectivity index (χ0) is 13.1. The topological polar surface area (TPSA) is 41.5 Å². The molecule has 2 atom stereocenters. The summed E-state index contributed by atoms with van der Waals surface area (Å²) in [5, 5.41) is 4.26. The van der Waals surface area contributed by atoms with Crippen molar-refractivity contribution in [2.24, 2.45) is 16.9 Å². The molecule has 3 heteroatoms. The zero-order valence-corrected chi connectivity index (χ0v) is 10.9. The van der Waals surface area contributed by atoms with E-state index in [1.54, 1.807) is 0 Å². The highest BCUT2D eigenvalue weighted by Gasteiger charge is 2.37. The van der Waals surface area contributed by atoms with Crippen molar-refractivity contribution in [3.8, 4) is 0 Å². The van der Waals surface area contributed by atoms with Gasteiger partial charge in [-0.2, -0.15) is 5.10 Å². The Morgan fingerprint density at radius 1 is 1.32 bits per heavy atom. The van der Waals surface area contributed by atoms with Crippen LogP contribution >= 0.6 is 0 Å². The van der Waals surface area contributed by atoms with E-state index in [1.165, 1.54) is 5.56 Å². The largest absolute Gasteiger partial charge is 0.273 e. The number of fused-ring (bicyclic) bond motifs is 1. The molecule has 1 aromatic rings. The first-order valence-corrected chi connectivity index (χ1v) is 6.89. The van der Waals surface area contributed by atoms with Gasteiger partial charge in [-0.15, -0.1) is 0 Å². The highest BCUT2D eigenvalue weighted by molar-refractivity contribution is 5.94. The molecular formula is C16H18N2O. The maximum atomic E-state index is 11.7. The molecule has 0 spiro atoms. The predicted octanol–water partition coefficient (Wildman–Crippen LogP) is 2.69. The average molecular weight is 254 g/mol. The van der Waals surface area contributed by atoms with Crippen LogP contribution in [0.4, 0.5) is 0 Å². The third-order valence-electron chi connectivity index (χ3n) is 3.97. The number of rotatable bonds is 4. The molecule has 3 nitrogen and oxygen atoms in total. The Balaban J connectivity index is 1.44. The Hall–Kier alpha value is -1.90. The Bertz CT molecular complexity index is 519. The van der Waals surface area contributed by atoms with Gasteiger partial charge in [0, 0.05) is 18.1 Å². The second-order valence-electron chi connectivity index (χ2n) is 5.26. The molecule has 2 unspecified atom stereocenters. The highest BCUT2D eigenvalue weighted by atomic mass is 16.2. The third-order valence-corrected chi connectivity index (χ3v) is 3.97. The van der Waals surface area contributed by atoms with Crippen molar-refractivity contribution in [3.63, 3.8) is 0 Å². The molecule has 98 valence electrons. The fraction of sp³-hybridized carbons (Fsp3) is 0.375. The first-order chi connectivity index (χ1) is 9.33. The minimum atomic E-state index is 0.00533. The lowest BCUT2D eigenvalue weighted by atomic mass is 9.74. The van der Waals surface area contributed by atoms with E-state index in [1.807, 2.05) is 30.3 Å². The van der Waals surface area contributed by atoms with Gasteiger partial charge in [-0.25, -0.2) is 5.43 Å². The zero-order valence-electron chi connectivity index (χ0n) is 10.9. The summed E-state index contributed by atoms with van der Waals surface area (Å²) in [5.41, 5.74) is 5.03. The molecule has 0 aromatic heterocycles. The number of benzene rings is 1. The van der Waals surface area contributed by atoms with E-state index in [9.17, 15) is 4.79 Å². The SMILES string of the molecule is O=C(CCc1ccccc1)N/N=C1\CC2C=CCC12. The van der Waals surface area contributed by atoms with Gasteiger partial charge in [0.25, 0.3) is 0 Å². The lowest BCUT2D eigenvalue weighted by Gasteiger charge is -2.31. The van der Waals surface area contributed by atoms with Crippen LogP contribution in [0.5, 0.6) is 0 Å². The molecule has 0 aliphatic heterocycles. The van der Waals surface area contributed by atoms with E-state index in [2.05, 4.69) is 22.7 Å². The minimum Gasteiger partial charge on any atom is -0.273 e. The van der Waals surface area contributed by atoms with Gasteiger partial charge in [0.05, 0.1) is 0 Å². The Kier molecular flexibility index (Phi) is 3.45. The minimum absolute atomic E-state index is 0.00533. The van der Waals surface area contributed by atoms with Crippen molar-refractivity contribution < 1.29 is 4.79 Å². The van der Waals surface area contributed by atoms with Crippen LogP contribution in [-0.4, -0.2) is 11.6 Å². The summed E-state index contributed by atoms with van der Waals surface area (Å²) in [5.74, 6) is 1.25. The van der Waals surface area contributed by atoms with Crippen LogP contribution in [0.15, 0.2) is 47.6 Å². The smallest absolute Gasteiger partial charge is 0.240 e. The molecule has 3 rings (SSSR count). The van der Waals surface area contributed by atoms with E-state index < -0.39 is 0 Å². The number of amides is 1. The van der Waals surface area contributed by atoms with Crippen LogP contribution in [0.2, 0.25) is 0 Å². The Morgan fingerprint density at radius 3 is 2.95 bits per heavy atom. The van der Waals surface area contributed by atoms with Crippen molar-refractivity contribution >= 4 is 11.6 Å². The molecule has 0 bridgehead atoms. The van der Waals surface area contributed by atoms with E-state index in [0.717, 1.165) is 25.0 Å². The number of hydrazone groups is 1. The maximum Gasteiger partial charge on any atom is 0.240 e. The first-order valence-electron chi connectivity index (χ1n) is 6.89. The summed E-state index contributed by atoms with van der Waals surface area (Å²) >= 11 is 0. The number of allylic oxidation sites excluding steroid dienone is 2. The second kappa shape index (κ2) is 5.39. The van der Waals surface area contributed by atoms with Crippen molar-refractivity contribution in [2.75, 3.05) is 0 Å². The number of aryl methyl sites for hydroxylation is 1. The van der Waals surface area contributed by atoms with Crippen molar-refractivity contribution in [1.82, 2.24) is 5.43 Å². The van der Waals surface area contributed by atoms with Gasteiger partial charge < -0.3 is 0 Å². The van der Waals surface area contributed by atoms with Gasteiger partial charge in [0.15, 0.2) is 0 Å². The van der Waals surface area contributed by atoms with Crippen LogP contribution in [0.1, 0.15) is 24.8 Å². The molecule has 19 heavy (non-hydrogen) atoms. The van der Waals surface area contributed by atoms with E-state index in [4.69, 9.17) is 0 Å². The van der Waals surface area contributed by atoms with Crippen LogP contribution in [0, 0.1) is 11.8 Å². The van der Waals surface area contributed by atoms with E-state index in [-0.39, 0.29) is 5.91 Å². The quantitative estimate of drug-likeness (QED) is 0.651. The fourth-order valence-corrected chi connectivity index (χ4v) is 2.76. The van der Waals surface area contributed by atoms with Gasteiger partial charge in [-0.05, 0) is 30.7 Å². The first kappa shape index (κ1) is 12.2. The summed E-state index contributed by atoms with van der Waals surface area (Å²) in [7, 11) is 0. The molecule has 0 heterocycles. The van der Waals surface area contributed by atoms with Crippen molar-refractivity contribution in [3.05, 3.63) is 48.0 Å². The van der Waals surface area contributed by atoms with E-state index in [0.29, 0.717) is 18.3 Å². The number of hydrogen-bond donors (Lipinski definition) is 1. The molecule has 2 aliphatic carbocycles. The summed E-state index contributed by atoms with van der Waals surface area (Å²) in [6.45, 7) is 0. The summed E-state index contributed by atoms with van der Waals surface area (Å²) in [4.78, 5) is 11.7. The molecule has 1 fully saturated rings. The molecular weight excluding hydrogens is 236 g/mol.